The van der Waals surface area contributed by atoms with Crippen molar-refractivity contribution in [2.24, 2.45) is 0 Å². The molecular weight excluding hydrogens is 247 g/mol. The van der Waals surface area contributed by atoms with E-state index in [4.69, 9.17) is 0 Å². The molecule has 3 rings (SSSR count). The van der Waals surface area contributed by atoms with Crippen molar-refractivity contribution < 1.29 is 13.2 Å². The number of aromatic nitrogens is 4. The molecule has 1 N–H and O–H groups in total. The molecule has 1 aliphatic rings. The fourth-order valence-electron chi connectivity index (χ4n) is 2.32. The second-order valence-electron chi connectivity index (χ2n) is 4.34. The van der Waals surface area contributed by atoms with Gasteiger partial charge in [0, 0.05) is 18.8 Å². The number of rotatable bonds is 1. The zero-order valence-corrected chi connectivity index (χ0v) is 9.28. The molecule has 0 bridgehead atoms. The summed E-state index contributed by atoms with van der Waals surface area (Å²) >= 11 is 0. The maximum atomic E-state index is 13.4. The minimum absolute atomic E-state index is 0.0355. The van der Waals surface area contributed by atoms with Gasteiger partial charge in [0.25, 0.3) is 0 Å². The lowest BCUT2D eigenvalue weighted by Crippen LogP contribution is -2.45. The lowest BCUT2D eigenvalue weighted by molar-refractivity contribution is -0.187. The van der Waals surface area contributed by atoms with E-state index < -0.39 is 11.6 Å². The van der Waals surface area contributed by atoms with E-state index in [9.17, 15) is 13.2 Å². The average Bonchev–Trinajstić information content (AvgIpc) is 2.94. The molecule has 2 aromatic rings. The van der Waals surface area contributed by atoms with Crippen molar-refractivity contribution in [1.29, 1.82) is 0 Å². The zero-order valence-electron chi connectivity index (χ0n) is 9.28. The Morgan fingerprint density at radius 3 is 2.83 bits per heavy atom. The summed E-state index contributed by atoms with van der Waals surface area (Å²) in [5, 5.41) is 10.2. The molecule has 0 aromatic carbocycles. The molecule has 8 heteroatoms. The normalized spacial score (nSPS) is 24.8. The Bertz CT molecular complexity index is 570. The van der Waals surface area contributed by atoms with E-state index in [0.29, 0.717) is 12.2 Å². The van der Waals surface area contributed by atoms with E-state index in [2.05, 4.69) is 20.5 Å². The number of nitrogens with zero attached hydrogens (tertiary/aromatic N) is 4. The maximum Gasteiger partial charge on any atom is 0.402 e. The summed E-state index contributed by atoms with van der Waals surface area (Å²) < 4.78 is 41.4. The van der Waals surface area contributed by atoms with Crippen molar-refractivity contribution >= 4 is 5.65 Å². The van der Waals surface area contributed by atoms with Crippen LogP contribution in [-0.2, 0) is 5.41 Å². The van der Waals surface area contributed by atoms with E-state index in [1.165, 1.54) is 23.0 Å². The molecule has 0 spiro atoms. The first-order valence-electron chi connectivity index (χ1n) is 5.47. The number of hydrogen-bond acceptors (Lipinski definition) is 4. The Labute approximate surface area is 100 Å². The van der Waals surface area contributed by atoms with E-state index in [1.807, 2.05) is 0 Å². The summed E-state index contributed by atoms with van der Waals surface area (Å²) in [4.78, 5) is 3.83. The van der Waals surface area contributed by atoms with Crippen molar-refractivity contribution in [2.45, 2.75) is 18.0 Å². The Morgan fingerprint density at radius 1 is 1.33 bits per heavy atom. The van der Waals surface area contributed by atoms with E-state index in [0.717, 1.165) is 0 Å². The molecule has 1 aliphatic heterocycles. The largest absolute Gasteiger partial charge is 0.402 e. The minimum Gasteiger partial charge on any atom is -0.315 e. The summed E-state index contributed by atoms with van der Waals surface area (Å²) in [6.45, 7) is 0.140. The van der Waals surface area contributed by atoms with Gasteiger partial charge in [-0.25, -0.2) is 4.98 Å². The fraction of sp³-hybridized carbons (Fsp3) is 0.500. The minimum atomic E-state index is -4.37. The van der Waals surface area contributed by atoms with E-state index in [-0.39, 0.29) is 18.8 Å². The zero-order chi connectivity index (χ0) is 12.8. The average molecular weight is 257 g/mol. The first-order valence-corrected chi connectivity index (χ1v) is 5.47. The topological polar surface area (TPSA) is 55.1 Å². The molecule has 0 amide bonds. The SMILES string of the molecule is FC(F)(F)C1(c2nnc3ccncn23)CCNC1. The van der Waals surface area contributed by atoms with E-state index in [1.54, 1.807) is 0 Å². The predicted octanol–water partition coefficient (Wildman–Crippen LogP) is 0.918. The number of nitrogens with one attached hydrogen (secondary N) is 1. The quantitative estimate of drug-likeness (QED) is 0.825. The van der Waals surface area contributed by atoms with Crippen LogP contribution in [0.2, 0.25) is 0 Å². The van der Waals surface area contributed by atoms with Crippen molar-refractivity contribution in [3.63, 3.8) is 0 Å². The van der Waals surface area contributed by atoms with Crippen molar-refractivity contribution in [3.8, 4) is 0 Å². The molecule has 0 radical (unpaired) electrons. The Hall–Kier alpha value is -1.70. The van der Waals surface area contributed by atoms with Gasteiger partial charge in [0.15, 0.2) is 11.5 Å². The van der Waals surface area contributed by atoms with Gasteiger partial charge in [0.1, 0.15) is 11.7 Å². The summed E-state index contributed by atoms with van der Waals surface area (Å²) in [5.74, 6) is -0.0944. The van der Waals surface area contributed by atoms with Gasteiger partial charge in [-0.1, -0.05) is 0 Å². The van der Waals surface area contributed by atoms with Gasteiger partial charge < -0.3 is 5.32 Å². The second kappa shape index (κ2) is 3.64. The van der Waals surface area contributed by atoms with Crippen LogP contribution in [0.15, 0.2) is 18.6 Å². The van der Waals surface area contributed by atoms with Crippen LogP contribution >= 0.6 is 0 Å². The molecule has 1 saturated heterocycles. The molecule has 2 aromatic heterocycles. The lowest BCUT2D eigenvalue weighted by Gasteiger charge is -2.28. The molecule has 0 aliphatic carbocycles. The summed E-state index contributed by atoms with van der Waals surface area (Å²) in [6, 6.07) is 1.53. The van der Waals surface area contributed by atoms with Gasteiger partial charge in [0.2, 0.25) is 0 Å². The Kier molecular flexibility index (Phi) is 2.31. The standard InChI is InChI=1S/C10H10F3N5/c11-10(12,13)9(2-4-14-5-9)8-17-16-7-1-3-15-6-18(7)8/h1,3,6,14H,2,4-5H2. The van der Waals surface area contributed by atoms with Gasteiger partial charge >= 0.3 is 6.18 Å². The van der Waals surface area contributed by atoms with Crippen molar-refractivity contribution in [3.05, 3.63) is 24.4 Å². The fourth-order valence-corrected chi connectivity index (χ4v) is 2.32. The van der Waals surface area contributed by atoms with Gasteiger partial charge in [0.05, 0.1) is 0 Å². The van der Waals surface area contributed by atoms with Crippen LogP contribution in [0.5, 0.6) is 0 Å². The molecule has 1 fully saturated rings. The highest BCUT2D eigenvalue weighted by Crippen LogP contribution is 2.44. The van der Waals surface area contributed by atoms with Gasteiger partial charge in [-0.15, -0.1) is 10.2 Å². The first-order chi connectivity index (χ1) is 8.55. The summed E-state index contributed by atoms with van der Waals surface area (Å²) in [7, 11) is 0. The third-order valence-corrected chi connectivity index (χ3v) is 3.34. The number of alkyl halides is 3. The van der Waals surface area contributed by atoms with Crippen molar-refractivity contribution in [1.82, 2.24) is 24.9 Å². The lowest BCUT2D eigenvalue weighted by atomic mass is 9.85. The van der Waals surface area contributed by atoms with Gasteiger partial charge in [-0.2, -0.15) is 13.2 Å². The number of halogens is 3. The highest BCUT2D eigenvalue weighted by atomic mass is 19.4. The van der Waals surface area contributed by atoms with E-state index >= 15 is 0 Å². The molecule has 96 valence electrons. The highest BCUT2D eigenvalue weighted by molar-refractivity contribution is 5.37. The number of hydrogen-bond donors (Lipinski definition) is 1. The molecule has 1 unspecified atom stereocenters. The van der Waals surface area contributed by atoms with Crippen LogP contribution in [0.1, 0.15) is 12.2 Å². The first kappa shape index (κ1) is 11.4. The monoisotopic (exact) mass is 257 g/mol. The molecule has 18 heavy (non-hydrogen) atoms. The molecule has 1 atom stereocenters. The maximum absolute atomic E-state index is 13.4. The van der Waals surface area contributed by atoms with Crippen LogP contribution in [0.4, 0.5) is 13.2 Å². The Morgan fingerprint density at radius 2 is 2.17 bits per heavy atom. The highest BCUT2D eigenvalue weighted by Gasteiger charge is 2.60. The Balaban J connectivity index is 2.22. The third-order valence-electron chi connectivity index (χ3n) is 3.34. The van der Waals surface area contributed by atoms with Crippen LogP contribution in [0.3, 0.4) is 0 Å². The van der Waals surface area contributed by atoms with Gasteiger partial charge in [-0.3, -0.25) is 4.40 Å². The summed E-state index contributed by atoms with van der Waals surface area (Å²) in [6.07, 6.45) is -1.61. The summed E-state index contributed by atoms with van der Waals surface area (Å²) in [5.41, 5.74) is -1.61. The van der Waals surface area contributed by atoms with Crippen LogP contribution in [-0.4, -0.2) is 38.8 Å². The molecule has 3 heterocycles. The molecule has 5 nitrogen and oxygen atoms in total. The third kappa shape index (κ3) is 1.41. The molecular formula is C10H10F3N5. The van der Waals surface area contributed by atoms with Crippen LogP contribution in [0.25, 0.3) is 5.65 Å². The van der Waals surface area contributed by atoms with Crippen LogP contribution < -0.4 is 5.32 Å². The number of fused-ring (bicyclic) bond motifs is 1. The van der Waals surface area contributed by atoms with Crippen LogP contribution in [0, 0.1) is 0 Å². The predicted molar refractivity (Wildman–Crippen MR) is 56.0 cm³/mol. The smallest absolute Gasteiger partial charge is 0.315 e. The second-order valence-corrected chi connectivity index (χ2v) is 4.34. The van der Waals surface area contributed by atoms with Gasteiger partial charge in [-0.05, 0) is 13.0 Å². The van der Waals surface area contributed by atoms with Crippen molar-refractivity contribution in [2.75, 3.05) is 13.1 Å². The molecule has 0 saturated carbocycles.